The van der Waals surface area contributed by atoms with E-state index < -0.39 is 0 Å². The number of hydrogen-bond donors (Lipinski definition) is 1. The predicted molar refractivity (Wildman–Crippen MR) is 97.0 cm³/mol. The number of aromatic nitrogens is 1. The maximum Gasteiger partial charge on any atom is 0.266 e. The first-order valence-corrected chi connectivity index (χ1v) is 8.33. The minimum atomic E-state index is -0.385. The number of rotatable bonds is 5. The molecule has 0 saturated heterocycles. The SMILES string of the molecule is CCOc1cc(-c2cc(C)[nH]c(=O)c2C#N)cc(I)c1OCC. The van der Waals surface area contributed by atoms with Crippen molar-refractivity contribution in [3.05, 3.63) is 43.4 Å². The Labute approximate surface area is 148 Å². The molecule has 0 fully saturated rings. The smallest absolute Gasteiger partial charge is 0.266 e. The Morgan fingerprint density at radius 1 is 1.22 bits per heavy atom. The van der Waals surface area contributed by atoms with Gasteiger partial charge in [0.2, 0.25) is 0 Å². The number of H-pyrrole nitrogens is 1. The van der Waals surface area contributed by atoms with E-state index >= 15 is 0 Å². The van der Waals surface area contributed by atoms with Crippen LogP contribution in [0.25, 0.3) is 11.1 Å². The molecule has 6 heteroatoms. The molecule has 1 N–H and O–H groups in total. The van der Waals surface area contributed by atoms with Gasteiger partial charge in [-0.05, 0) is 67.1 Å². The topological polar surface area (TPSA) is 75.1 Å². The molecule has 0 spiro atoms. The lowest BCUT2D eigenvalue weighted by atomic mass is 10.0. The van der Waals surface area contributed by atoms with Gasteiger partial charge in [-0.15, -0.1) is 0 Å². The molecule has 120 valence electrons. The Balaban J connectivity index is 2.70. The molecular weight excluding hydrogens is 407 g/mol. The highest BCUT2D eigenvalue weighted by Crippen LogP contribution is 2.38. The van der Waals surface area contributed by atoms with Gasteiger partial charge in [0, 0.05) is 11.3 Å². The van der Waals surface area contributed by atoms with Gasteiger partial charge >= 0.3 is 0 Å². The lowest BCUT2D eigenvalue weighted by molar-refractivity contribution is 0.286. The van der Waals surface area contributed by atoms with Gasteiger partial charge in [-0.1, -0.05) is 0 Å². The summed E-state index contributed by atoms with van der Waals surface area (Å²) in [4.78, 5) is 14.6. The summed E-state index contributed by atoms with van der Waals surface area (Å²) in [6, 6.07) is 7.48. The van der Waals surface area contributed by atoms with E-state index in [-0.39, 0.29) is 11.1 Å². The van der Waals surface area contributed by atoms with Crippen LogP contribution in [-0.4, -0.2) is 18.2 Å². The van der Waals surface area contributed by atoms with Gasteiger partial charge < -0.3 is 14.5 Å². The van der Waals surface area contributed by atoms with E-state index in [1.807, 2.05) is 32.0 Å². The van der Waals surface area contributed by atoms with Crippen LogP contribution in [0.1, 0.15) is 25.1 Å². The Kier molecular flexibility index (Phi) is 5.66. The Morgan fingerprint density at radius 3 is 2.52 bits per heavy atom. The number of pyridine rings is 1. The van der Waals surface area contributed by atoms with Crippen molar-refractivity contribution in [2.45, 2.75) is 20.8 Å². The van der Waals surface area contributed by atoms with Gasteiger partial charge in [-0.2, -0.15) is 5.26 Å². The zero-order valence-corrected chi connectivity index (χ0v) is 15.4. The van der Waals surface area contributed by atoms with Crippen LogP contribution in [0.4, 0.5) is 0 Å². The third-order valence-corrected chi connectivity index (χ3v) is 3.99. The number of nitriles is 1. The van der Waals surface area contributed by atoms with Crippen molar-refractivity contribution in [1.29, 1.82) is 5.26 Å². The van der Waals surface area contributed by atoms with Gasteiger partial charge in [0.15, 0.2) is 11.5 Å². The molecule has 0 radical (unpaired) electrons. The van der Waals surface area contributed by atoms with Gasteiger partial charge in [0.25, 0.3) is 5.56 Å². The zero-order chi connectivity index (χ0) is 17.0. The average Bonchev–Trinajstić information content (AvgIpc) is 2.50. The summed E-state index contributed by atoms with van der Waals surface area (Å²) in [5, 5.41) is 9.30. The van der Waals surface area contributed by atoms with E-state index in [9.17, 15) is 10.1 Å². The first-order chi connectivity index (χ1) is 11.0. The second-order valence-corrected chi connectivity index (χ2v) is 6.00. The van der Waals surface area contributed by atoms with Crippen molar-refractivity contribution >= 4 is 22.6 Å². The fraction of sp³-hybridized carbons (Fsp3) is 0.294. The first kappa shape index (κ1) is 17.3. The normalized spacial score (nSPS) is 10.2. The molecule has 0 amide bonds. The molecule has 0 atom stereocenters. The third kappa shape index (κ3) is 3.67. The minimum absolute atomic E-state index is 0.0954. The highest BCUT2D eigenvalue weighted by molar-refractivity contribution is 14.1. The number of aromatic amines is 1. The lowest BCUT2D eigenvalue weighted by Gasteiger charge is -2.15. The molecule has 0 bridgehead atoms. The van der Waals surface area contributed by atoms with Crippen molar-refractivity contribution in [3.8, 4) is 28.7 Å². The fourth-order valence-electron chi connectivity index (χ4n) is 2.30. The summed E-state index contributed by atoms with van der Waals surface area (Å²) < 4.78 is 12.2. The number of halogens is 1. The third-order valence-electron chi connectivity index (χ3n) is 3.19. The van der Waals surface area contributed by atoms with Gasteiger partial charge in [0.1, 0.15) is 11.6 Å². The second kappa shape index (κ2) is 7.51. The summed E-state index contributed by atoms with van der Waals surface area (Å²) in [6.45, 7) is 6.62. The number of nitrogens with one attached hydrogen (secondary N) is 1. The molecule has 2 aromatic rings. The maximum absolute atomic E-state index is 12.0. The summed E-state index contributed by atoms with van der Waals surface area (Å²) in [5.41, 5.74) is 1.76. The van der Waals surface area contributed by atoms with E-state index in [1.54, 1.807) is 13.0 Å². The minimum Gasteiger partial charge on any atom is -0.490 e. The highest BCUT2D eigenvalue weighted by atomic mass is 127. The molecule has 0 aliphatic rings. The number of benzene rings is 1. The lowest BCUT2D eigenvalue weighted by Crippen LogP contribution is -2.13. The van der Waals surface area contributed by atoms with E-state index in [0.29, 0.717) is 36.0 Å². The van der Waals surface area contributed by atoms with Gasteiger partial charge in [-0.25, -0.2) is 0 Å². The molecule has 0 saturated carbocycles. The molecule has 1 aromatic heterocycles. The molecule has 0 aliphatic carbocycles. The quantitative estimate of drug-likeness (QED) is 0.745. The van der Waals surface area contributed by atoms with Crippen molar-refractivity contribution in [3.63, 3.8) is 0 Å². The highest BCUT2D eigenvalue weighted by Gasteiger charge is 2.16. The molecule has 1 heterocycles. The molecule has 2 rings (SSSR count). The maximum atomic E-state index is 12.0. The molecule has 0 unspecified atom stereocenters. The second-order valence-electron chi connectivity index (χ2n) is 4.83. The number of nitrogens with zero attached hydrogens (tertiary/aromatic N) is 1. The average molecular weight is 424 g/mol. The van der Waals surface area contributed by atoms with Gasteiger partial charge in [0.05, 0.1) is 16.8 Å². The fourth-order valence-corrected chi connectivity index (χ4v) is 3.06. The Morgan fingerprint density at radius 2 is 1.91 bits per heavy atom. The molecule has 1 aromatic carbocycles. The van der Waals surface area contributed by atoms with Crippen molar-refractivity contribution in [1.82, 2.24) is 4.98 Å². The van der Waals surface area contributed by atoms with Crippen LogP contribution in [0, 0.1) is 21.8 Å². The number of hydrogen-bond acceptors (Lipinski definition) is 4. The standard InChI is InChI=1S/C17H17IN2O3/c1-4-22-15-8-11(7-14(18)16(15)23-5-2)12-6-10(3)20-17(21)13(12)9-19/h6-8H,4-5H2,1-3H3,(H,20,21). The summed E-state index contributed by atoms with van der Waals surface area (Å²) in [5.74, 6) is 1.29. The summed E-state index contributed by atoms with van der Waals surface area (Å²) in [6.07, 6.45) is 0. The van der Waals surface area contributed by atoms with Crippen molar-refractivity contribution in [2.75, 3.05) is 13.2 Å². The zero-order valence-electron chi connectivity index (χ0n) is 13.2. The van der Waals surface area contributed by atoms with Crippen LogP contribution in [0.5, 0.6) is 11.5 Å². The van der Waals surface area contributed by atoms with Crippen molar-refractivity contribution in [2.24, 2.45) is 0 Å². The van der Waals surface area contributed by atoms with Crippen LogP contribution in [0.15, 0.2) is 23.0 Å². The van der Waals surface area contributed by atoms with E-state index in [1.165, 1.54) is 0 Å². The van der Waals surface area contributed by atoms with Crippen LogP contribution in [0.3, 0.4) is 0 Å². The van der Waals surface area contributed by atoms with E-state index in [4.69, 9.17) is 9.47 Å². The van der Waals surface area contributed by atoms with Crippen molar-refractivity contribution < 1.29 is 9.47 Å². The molecule has 23 heavy (non-hydrogen) atoms. The number of ether oxygens (including phenoxy) is 2. The predicted octanol–water partition coefficient (Wildman–Crippen LogP) is 3.62. The summed E-state index contributed by atoms with van der Waals surface area (Å²) >= 11 is 2.17. The monoisotopic (exact) mass is 424 g/mol. The van der Waals surface area contributed by atoms with Crippen LogP contribution < -0.4 is 15.0 Å². The number of aryl methyl sites for hydroxylation is 1. The van der Waals surface area contributed by atoms with Crippen LogP contribution >= 0.6 is 22.6 Å². The molecule has 0 aliphatic heterocycles. The Hall–Kier alpha value is -2.01. The summed E-state index contributed by atoms with van der Waals surface area (Å²) in [7, 11) is 0. The molecular formula is C17H17IN2O3. The largest absolute Gasteiger partial charge is 0.490 e. The Bertz CT molecular complexity index is 822. The molecule has 5 nitrogen and oxygen atoms in total. The van der Waals surface area contributed by atoms with Crippen LogP contribution in [0.2, 0.25) is 0 Å². The van der Waals surface area contributed by atoms with Gasteiger partial charge in [-0.3, -0.25) is 4.79 Å². The van der Waals surface area contributed by atoms with Crippen LogP contribution in [-0.2, 0) is 0 Å². The first-order valence-electron chi connectivity index (χ1n) is 7.25. The van der Waals surface area contributed by atoms with E-state index in [2.05, 4.69) is 27.6 Å². The van der Waals surface area contributed by atoms with E-state index in [0.717, 1.165) is 9.13 Å².